The molecule has 0 aromatic heterocycles. The summed E-state index contributed by atoms with van der Waals surface area (Å²) in [6, 6.07) is 36.9. The molecule has 5 aliphatic rings. The Morgan fingerprint density at radius 1 is 0.412 bits per heavy atom. The number of fused-ring (bicyclic) bond motifs is 9. The molecule has 350 valence electrons. The Balaban J connectivity index is 1.19. The van der Waals surface area contributed by atoms with E-state index >= 15 is 0 Å². The van der Waals surface area contributed by atoms with Gasteiger partial charge in [0.25, 0.3) is 0 Å². The smallest absolute Gasteiger partial charge is 0.199 e. The van der Waals surface area contributed by atoms with E-state index in [-0.39, 0.29) is 37.9 Å². The van der Waals surface area contributed by atoms with Crippen molar-refractivity contribution in [2.24, 2.45) is 0 Å². The fourth-order valence-electron chi connectivity index (χ4n) is 14.1. The van der Waals surface area contributed by atoms with Crippen molar-refractivity contribution in [3.63, 3.8) is 0 Å². The summed E-state index contributed by atoms with van der Waals surface area (Å²) in [5, 5.41) is 4.20. The maximum atomic E-state index is 4.20. The number of aryl methyl sites for hydroxylation is 2. The number of anilines is 5. The van der Waals surface area contributed by atoms with E-state index in [4.69, 9.17) is 0 Å². The highest BCUT2D eigenvalue weighted by atomic mass is 15.2. The SMILES string of the molecule is Cc1cc(-c2cc3c(cc2Nc2ccc4c(c2)C(C)(C)CCC4(C)C)C(C)(C)CCC3(C)C)c2c(c1)N(c1cc3c(cc1C)C(C)(C)CCC3(C)C)c1ccc3c(c1B2)C(C)(C)c1ccccc1-3. The molecule has 11 rings (SSSR count). The maximum Gasteiger partial charge on any atom is 0.199 e. The average Bonchev–Trinajstić information content (AvgIpc) is 3.51. The van der Waals surface area contributed by atoms with Crippen molar-refractivity contribution in [1.82, 2.24) is 0 Å². The number of nitrogens with zero attached hydrogens (tertiary/aromatic N) is 1. The van der Waals surface area contributed by atoms with Gasteiger partial charge in [0, 0.05) is 39.4 Å². The van der Waals surface area contributed by atoms with E-state index in [1.165, 1.54) is 156 Å². The monoisotopic (exact) mass is 897 g/mol. The van der Waals surface area contributed by atoms with Gasteiger partial charge in [0.05, 0.1) is 0 Å². The highest BCUT2D eigenvalue weighted by Gasteiger charge is 2.44. The first-order valence-electron chi connectivity index (χ1n) is 26.2. The quantitative estimate of drug-likeness (QED) is 0.177. The third kappa shape index (κ3) is 6.70. The predicted molar refractivity (Wildman–Crippen MR) is 296 cm³/mol. The lowest BCUT2D eigenvalue weighted by molar-refractivity contribution is 0.332. The minimum absolute atomic E-state index is 0.0551. The van der Waals surface area contributed by atoms with Gasteiger partial charge in [0.1, 0.15) is 0 Å². The van der Waals surface area contributed by atoms with E-state index in [1.807, 2.05) is 0 Å². The first-order chi connectivity index (χ1) is 31.7. The van der Waals surface area contributed by atoms with E-state index < -0.39 is 0 Å². The van der Waals surface area contributed by atoms with Gasteiger partial charge in [0.15, 0.2) is 7.28 Å². The molecule has 0 spiro atoms. The van der Waals surface area contributed by atoms with Gasteiger partial charge in [-0.15, -0.1) is 0 Å². The molecule has 6 aromatic rings. The Morgan fingerprint density at radius 3 is 1.59 bits per heavy atom. The molecule has 0 radical (unpaired) electrons. The molecule has 0 atom stereocenters. The zero-order valence-electron chi connectivity index (χ0n) is 44.6. The molecule has 0 unspecified atom stereocenters. The van der Waals surface area contributed by atoms with Crippen LogP contribution in [0.15, 0.2) is 91.0 Å². The molecule has 1 heterocycles. The van der Waals surface area contributed by atoms with Crippen LogP contribution in [0.2, 0.25) is 0 Å². The summed E-state index contributed by atoms with van der Waals surface area (Å²) in [5.41, 5.74) is 29.7. The lowest BCUT2D eigenvalue weighted by Gasteiger charge is -2.44. The van der Waals surface area contributed by atoms with E-state index in [0.29, 0.717) is 0 Å². The van der Waals surface area contributed by atoms with Gasteiger partial charge in [-0.3, -0.25) is 0 Å². The molecular formula is C65H77BN2. The lowest BCUT2D eigenvalue weighted by atomic mass is 9.54. The van der Waals surface area contributed by atoms with Crippen LogP contribution in [0.3, 0.4) is 0 Å². The van der Waals surface area contributed by atoms with Crippen LogP contribution in [0, 0.1) is 13.8 Å². The summed E-state index contributed by atoms with van der Waals surface area (Å²) in [4.78, 5) is 2.71. The second-order valence-corrected chi connectivity index (χ2v) is 26.8. The molecule has 0 fully saturated rings. The average molecular weight is 897 g/mol. The molecule has 4 aliphatic carbocycles. The van der Waals surface area contributed by atoms with Crippen LogP contribution in [0.1, 0.15) is 191 Å². The van der Waals surface area contributed by atoms with Gasteiger partial charge in [-0.2, -0.15) is 0 Å². The minimum Gasteiger partial charge on any atom is -0.355 e. The zero-order valence-corrected chi connectivity index (χ0v) is 44.6. The molecule has 3 heteroatoms. The summed E-state index contributed by atoms with van der Waals surface area (Å²) in [5.74, 6) is 0. The number of hydrogen-bond acceptors (Lipinski definition) is 2. The van der Waals surface area contributed by atoms with Crippen LogP contribution in [0.25, 0.3) is 22.3 Å². The van der Waals surface area contributed by atoms with Gasteiger partial charge < -0.3 is 10.2 Å². The Morgan fingerprint density at radius 2 is 0.956 bits per heavy atom. The van der Waals surface area contributed by atoms with Gasteiger partial charge in [0.2, 0.25) is 0 Å². The number of hydrogen-bond donors (Lipinski definition) is 1. The van der Waals surface area contributed by atoms with Gasteiger partial charge >= 0.3 is 0 Å². The second kappa shape index (κ2) is 14.5. The molecule has 1 aliphatic heterocycles. The van der Waals surface area contributed by atoms with Crippen LogP contribution in [-0.4, -0.2) is 7.28 Å². The van der Waals surface area contributed by atoms with Crippen molar-refractivity contribution in [2.75, 3.05) is 10.2 Å². The highest BCUT2D eigenvalue weighted by molar-refractivity contribution is 6.74. The van der Waals surface area contributed by atoms with Crippen molar-refractivity contribution in [3.05, 3.63) is 147 Å². The van der Waals surface area contributed by atoms with Crippen molar-refractivity contribution < 1.29 is 0 Å². The molecule has 0 saturated heterocycles. The van der Waals surface area contributed by atoms with Crippen LogP contribution in [0.4, 0.5) is 28.4 Å². The lowest BCUT2D eigenvalue weighted by Crippen LogP contribution is -2.45. The summed E-state index contributed by atoms with van der Waals surface area (Å²) in [6.07, 6.45) is 7.16. The third-order valence-corrected chi connectivity index (χ3v) is 18.8. The highest BCUT2D eigenvalue weighted by Crippen LogP contribution is 2.55. The molecule has 1 N–H and O–H groups in total. The first kappa shape index (κ1) is 45.4. The van der Waals surface area contributed by atoms with Crippen LogP contribution in [-0.2, 0) is 37.9 Å². The van der Waals surface area contributed by atoms with Gasteiger partial charge in [-0.1, -0.05) is 151 Å². The standard InChI is InChI=1S/C65H77BN2/c1-38-31-44(43-35-49-50(63(11,12)29-28-62(49,9)10)36-52(43)67-40-21-23-46-48(34-40)61(7,8)26-25-59(46,3)4)57-55(32-38)68(54-37-51-47(33-39(54)2)60(5,6)27-30-64(51,13)14)53-24-22-42-41-19-17-18-20-45(41)65(15,16)56(42)58(53)66-57/h17-24,31-37,66-67H,25-30H2,1-16H3. The Labute approximate surface area is 411 Å². The van der Waals surface area contributed by atoms with Crippen LogP contribution in [0.5, 0.6) is 0 Å². The number of benzene rings is 6. The summed E-state index contributed by atoms with van der Waals surface area (Å²) < 4.78 is 0. The molecule has 6 aromatic carbocycles. The van der Waals surface area contributed by atoms with Crippen molar-refractivity contribution in [1.29, 1.82) is 0 Å². The predicted octanol–water partition coefficient (Wildman–Crippen LogP) is 16.2. The molecule has 0 amide bonds. The van der Waals surface area contributed by atoms with Crippen LogP contribution < -0.4 is 21.1 Å². The topological polar surface area (TPSA) is 15.3 Å². The summed E-state index contributed by atoms with van der Waals surface area (Å²) in [6.45, 7) is 39.2. The van der Waals surface area contributed by atoms with E-state index in [9.17, 15) is 0 Å². The molecular weight excluding hydrogens is 820 g/mol. The molecule has 68 heavy (non-hydrogen) atoms. The van der Waals surface area contributed by atoms with Crippen molar-refractivity contribution >= 4 is 46.6 Å². The van der Waals surface area contributed by atoms with Crippen LogP contribution >= 0.6 is 0 Å². The van der Waals surface area contributed by atoms with Gasteiger partial charge in [-0.05, 0) is 205 Å². The fourth-order valence-corrected chi connectivity index (χ4v) is 14.1. The third-order valence-electron chi connectivity index (χ3n) is 18.8. The maximum absolute atomic E-state index is 4.20. The van der Waals surface area contributed by atoms with Gasteiger partial charge in [-0.25, -0.2) is 0 Å². The zero-order chi connectivity index (χ0) is 48.5. The minimum atomic E-state index is -0.148. The van der Waals surface area contributed by atoms with Crippen molar-refractivity contribution in [2.45, 2.75) is 187 Å². The summed E-state index contributed by atoms with van der Waals surface area (Å²) >= 11 is 0. The first-order valence-corrected chi connectivity index (χ1v) is 26.2. The molecule has 2 nitrogen and oxygen atoms in total. The Kier molecular flexibility index (Phi) is 9.70. The normalized spacial score (nSPS) is 20.9. The Hall–Kier alpha value is -5.02. The fraction of sp³-hybridized carbons (Fsp3) is 0.446. The van der Waals surface area contributed by atoms with E-state index in [0.717, 1.165) is 7.28 Å². The number of rotatable bonds is 4. The van der Waals surface area contributed by atoms with E-state index in [2.05, 4.69) is 212 Å². The van der Waals surface area contributed by atoms with E-state index in [1.54, 1.807) is 0 Å². The summed E-state index contributed by atoms with van der Waals surface area (Å²) in [7, 11) is 0.868. The number of nitrogens with one attached hydrogen (secondary N) is 1. The van der Waals surface area contributed by atoms with Crippen molar-refractivity contribution in [3.8, 4) is 22.3 Å². The molecule has 0 bridgehead atoms. The molecule has 0 saturated carbocycles. The Bertz CT molecular complexity index is 3130. The largest absolute Gasteiger partial charge is 0.355 e. The second-order valence-electron chi connectivity index (χ2n) is 26.8.